The Morgan fingerprint density at radius 1 is 1.26 bits per heavy atom. The van der Waals surface area contributed by atoms with E-state index in [1.54, 1.807) is 10.5 Å². The lowest BCUT2D eigenvalue weighted by Gasteiger charge is -2.22. The molecule has 124 valence electrons. The van der Waals surface area contributed by atoms with Gasteiger partial charge in [-0.3, -0.25) is 4.68 Å². The summed E-state index contributed by atoms with van der Waals surface area (Å²) in [4.78, 5) is 4.74. The lowest BCUT2D eigenvalue weighted by Crippen LogP contribution is -2.29. The van der Waals surface area contributed by atoms with E-state index in [9.17, 15) is 8.42 Å². The molecule has 6 nitrogen and oxygen atoms in total. The Balaban J connectivity index is 1.99. The van der Waals surface area contributed by atoms with Crippen LogP contribution in [0.25, 0.3) is 11.4 Å². The Kier molecular flexibility index (Phi) is 4.25. The monoisotopic (exact) mass is 334 g/mol. The first kappa shape index (κ1) is 16.1. The zero-order valence-electron chi connectivity index (χ0n) is 13.7. The molecule has 1 aliphatic rings. The summed E-state index contributed by atoms with van der Waals surface area (Å²) >= 11 is 0. The molecule has 0 spiro atoms. The molecule has 1 unspecified atom stereocenters. The van der Waals surface area contributed by atoms with Crippen LogP contribution in [0.2, 0.25) is 0 Å². The van der Waals surface area contributed by atoms with Gasteiger partial charge in [-0.2, -0.15) is 9.40 Å². The first-order valence-electron chi connectivity index (χ1n) is 7.85. The molecule has 0 radical (unpaired) electrons. The van der Waals surface area contributed by atoms with E-state index in [0.717, 1.165) is 29.9 Å². The molecule has 0 amide bonds. The summed E-state index contributed by atoms with van der Waals surface area (Å²) in [5, 5.41) is 4.34. The molecule has 23 heavy (non-hydrogen) atoms. The van der Waals surface area contributed by atoms with Crippen LogP contribution in [-0.2, 0) is 10.0 Å². The highest BCUT2D eigenvalue weighted by molar-refractivity contribution is 7.88. The number of hydrogen-bond donors (Lipinski definition) is 0. The molecule has 1 aliphatic heterocycles. The largest absolute Gasteiger partial charge is 0.261 e. The van der Waals surface area contributed by atoms with Crippen LogP contribution in [0.1, 0.15) is 44.5 Å². The SMILES string of the molecule is CC(C)n1nccc1-c1cccc(C2CCCN2S(C)(=O)=O)n1. The highest BCUT2D eigenvalue weighted by Crippen LogP contribution is 2.33. The van der Waals surface area contributed by atoms with Gasteiger partial charge in [0.25, 0.3) is 0 Å². The number of pyridine rings is 1. The van der Waals surface area contributed by atoms with E-state index in [1.807, 2.05) is 28.9 Å². The Labute approximate surface area is 137 Å². The van der Waals surface area contributed by atoms with Crippen LogP contribution < -0.4 is 0 Å². The third-order valence-corrected chi connectivity index (χ3v) is 5.45. The van der Waals surface area contributed by atoms with Gasteiger partial charge in [0.05, 0.1) is 29.4 Å². The van der Waals surface area contributed by atoms with E-state index in [4.69, 9.17) is 4.98 Å². The van der Waals surface area contributed by atoms with E-state index in [-0.39, 0.29) is 12.1 Å². The molecule has 2 aromatic rings. The molecule has 1 atom stereocenters. The van der Waals surface area contributed by atoms with Crippen LogP contribution in [0, 0.1) is 0 Å². The molecule has 0 N–H and O–H groups in total. The van der Waals surface area contributed by atoms with Crippen LogP contribution in [0.4, 0.5) is 0 Å². The summed E-state index contributed by atoms with van der Waals surface area (Å²) in [6.07, 6.45) is 4.71. The van der Waals surface area contributed by atoms with E-state index in [2.05, 4.69) is 18.9 Å². The quantitative estimate of drug-likeness (QED) is 0.862. The minimum absolute atomic E-state index is 0.166. The van der Waals surface area contributed by atoms with Crippen molar-refractivity contribution in [2.75, 3.05) is 12.8 Å². The standard InChI is InChI=1S/C16H22N4O2S/c1-12(2)20-16(9-10-17-20)14-7-4-6-13(18-14)15-8-5-11-19(15)23(3,21)22/h4,6-7,9-10,12,15H,5,8,11H2,1-3H3. The van der Waals surface area contributed by atoms with Crippen molar-refractivity contribution in [3.05, 3.63) is 36.2 Å². The van der Waals surface area contributed by atoms with Crippen LogP contribution in [-0.4, -0.2) is 40.3 Å². The zero-order chi connectivity index (χ0) is 16.6. The summed E-state index contributed by atoms with van der Waals surface area (Å²) in [6.45, 7) is 4.71. The van der Waals surface area contributed by atoms with E-state index < -0.39 is 10.0 Å². The number of hydrogen-bond acceptors (Lipinski definition) is 4. The molecule has 7 heteroatoms. The minimum Gasteiger partial charge on any atom is -0.261 e. The summed E-state index contributed by atoms with van der Waals surface area (Å²) in [6, 6.07) is 7.81. The van der Waals surface area contributed by atoms with Crippen molar-refractivity contribution in [2.45, 2.75) is 38.8 Å². The number of nitrogens with zero attached hydrogens (tertiary/aromatic N) is 4. The summed E-state index contributed by atoms with van der Waals surface area (Å²) < 4.78 is 27.4. The average molecular weight is 334 g/mol. The third kappa shape index (κ3) is 3.16. The number of rotatable bonds is 4. The van der Waals surface area contributed by atoms with Crippen molar-refractivity contribution >= 4 is 10.0 Å². The van der Waals surface area contributed by atoms with Gasteiger partial charge in [0.15, 0.2) is 0 Å². The second kappa shape index (κ2) is 6.05. The maximum Gasteiger partial charge on any atom is 0.211 e. The van der Waals surface area contributed by atoms with Crippen molar-refractivity contribution in [1.29, 1.82) is 0 Å². The Morgan fingerprint density at radius 3 is 2.74 bits per heavy atom. The smallest absolute Gasteiger partial charge is 0.211 e. The van der Waals surface area contributed by atoms with Gasteiger partial charge in [-0.25, -0.2) is 13.4 Å². The predicted molar refractivity (Wildman–Crippen MR) is 89.4 cm³/mol. The summed E-state index contributed by atoms with van der Waals surface area (Å²) in [7, 11) is -3.21. The second-order valence-corrected chi connectivity index (χ2v) is 8.17. The van der Waals surface area contributed by atoms with Crippen molar-refractivity contribution in [1.82, 2.24) is 19.1 Å². The Hall–Kier alpha value is -1.73. The van der Waals surface area contributed by atoms with Crippen molar-refractivity contribution < 1.29 is 8.42 Å². The van der Waals surface area contributed by atoms with Crippen LogP contribution in [0.5, 0.6) is 0 Å². The molecule has 0 saturated carbocycles. The molecule has 3 heterocycles. The minimum atomic E-state index is -3.21. The van der Waals surface area contributed by atoms with E-state index in [1.165, 1.54) is 6.26 Å². The molecule has 1 fully saturated rings. The van der Waals surface area contributed by atoms with E-state index in [0.29, 0.717) is 6.54 Å². The van der Waals surface area contributed by atoms with Gasteiger partial charge in [0.1, 0.15) is 0 Å². The maximum absolute atomic E-state index is 12.0. The normalized spacial score (nSPS) is 19.6. The van der Waals surface area contributed by atoms with Crippen molar-refractivity contribution in [3.63, 3.8) is 0 Å². The molecule has 0 bridgehead atoms. The predicted octanol–water partition coefficient (Wildman–Crippen LogP) is 2.62. The highest BCUT2D eigenvalue weighted by Gasteiger charge is 2.33. The fraction of sp³-hybridized carbons (Fsp3) is 0.500. The molecule has 2 aromatic heterocycles. The average Bonchev–Trinajstić information content (AvgIpc) is 3.16. The molecule has 0 aromatic carbocycles. The van der Waals surface area contributed by atoms with Crippen molar-refractivity contribution in [2.24, 2.45) is 0 Å². The van der Waals surface area contributed by atoms with Gasteiger partial charge < -0.3 is 0 Å². The van der Waals surface area contributed by atoms with Gasteiger partial charge in [-0.1, -0.05) is 6.07 Å². The molecule has 3 rings (SSSR count). The first-order chi connectivity index (χ1) is 10.9. The summed E-state index contributed by atoms with van der Waals surface area (Å²) in [5.74, 6) is 0. The van der Waals surface area contributed by atoms with Gasteiger partial charge in [-0.05, 0) is 44.9 Å². The topological polar surface area (TPSA) is 68.1 Å². The third-order valence-electron chi connectivity index (χ3n) is 4.16. The molecular formula is C16H22N4O2S. The lowest BCUT2D eigenvalue weighted by atomic mass is 10.1. The van der Waals surface area contributed by atoms with Gasteiger partial charge in [-0.15, -0.1) is 0 Å². The Bertz CT molecular complexity index is 798. The van der Waals surface area contributed by atoms with Crippen LogP contribution in [0.3, 0.4) is 0 Å². The van der Waals surface area contributed by atoms with Crippen molar-refractivity contribution in [3.8, 4) is 11.4 Å². The zero-order valence-corrected chi connectivity index (χ0v) is 14.5. The first-order valence-corrected chi connectivity index (χ1v) is 9.70. The van der Waals surface area contributed by atoms with Gasteiger partial charge >= 0.3 is 0 Å². The second-order valence-electron chi connectivity index (χ2n) is 6.23. The molecular weight excluding hydrogens is 312 g/mol. The maximum atomic E-state index is 12.0. The van der Waals surface area contributed by atoms with Gasteiger partial charge in [0, 0.05) is 18.8 Å². The number of sulfonamides is 1. The number of aromatic nitrogens is 3. The fourth-order valence-electron chi connectivity index (χ4n) is 3.14. The Morgan fingerprint density at radius 2 is 2.04 bits per heavy atom. The lowest BCUT2D eigenvalue weighted by molar-refractivity contribution is 0.394. The van der Waals surface area contributed by atoms with E-state index >= 15 is 0 Å². The van der Waals surface area contributed by atoms with Crippen LogP contribution in [0.15, 0.2) is 30.5 Å². The fourth-order valence-corrected chi connectivity index (χ4v) is 4.28. The van der Waals surface area contributed by atoms with Gasteiger partial charge in [0.2, 0.25) is 10.0 Å². The molecule has 1 saturated heterocycles. The highest BCUT2D eigenvalue weighted by atomic mass is 32.2. The van der Waals surface area contributed by atoms with Crippen LogP contribution >= 0.6 is 0 Å². The summed E-state index contributed by atoms with van der Waals surface area (Å²) in [5.41, 5.74) is 2.58. The molecule has 0 aliphatic carbocycles.